The van der Waals surface area contributed by atoms with Crippen LogP contribution in [0.3, 0.4) is 0 Å². The van der Waals surface area contributed by atoms with Crippen LogP contribution < -0.4 is 11.1 Å². The van der Waals surface area contributed by atoms with Gasteiger partial charge in [0.1, 0.15) is 5.82 Å². The molecule has 0 fully saturated rings. The topological polar surface area (TPSA) is 119 Å². The van der Waals surface area contributed by atoms with E-state index in [2.05, 4.69) is 20.3 Å². The van der Waals surface area contributed by atoms with Crippen LogP contribution in [0.15, 0.2) is 55.1 Å². The molecule has 4 rings (SSSR count). The molecule has 0 radical (unpaired) electrons. The highest BCUT2D eigenvalue weighted by atomic mass is 19.1. The number of nitrogens with zero attached hydrogens (tertiary/aromatic N) is 4. The highest BCUT2D eigenvalue weighted by Crippen LogP contribution is 2.23. The van der Waals surface area contributed by atoms with E-state index < -0.39 is 11.7 Å². The first kappa shape index (κ1) is 18.5. The molecule has 0 unspecified atom stereocenters. The van der Waals surface area contributed by atoms with Crippen molar-refractivity contribution < 1.29 is 14.3 Å². The van der Waals surface area contributed by atoms with Crippen molar-refractivity contribution in [2.24, 2.45) is 0 Å². The number of carbonyl (C=O) groups excluding carboxylic acids is 1. The summed E-state index contributed by atoms with van der Waals surface area (Å²) in [7, 11) is 0. The minimum Gasteiger partial charge on any atom is -0.395 e. The van der Waals surface area contributed by atoms with Crippen molar-refractivity contribution in [1.29, 1.82) is 0 Å². The fourth-order valence-corrected chi connectivity index (χ4v) is 3.01. The van der Waals surface area contributed by atoms with E-state index in [0.717, 1.165) is 11.6 Å². The number of carbonyl (C=O) groups is 1. The number of amides is 1. The molecule has 0 saturated heterocycles. The number of aromatic nitrogens is 4. The number of nitrogens with one attached hydrogen (secondary N) is 1. The Morgan fingerprint density at radius 1 is 1.10 bits per heavy atom. The number of hydrogen-bond donors (Lipinski definition) is 3. The molecule has 4 N–H and O–H groups in total. The van der Waals surface area contributed by atoms with E-state index in [4.69, 9.17) is 10.8 Å². The number of aliphatic hydroxyl groups excluding tert-OH is 1. The Kier molecular flexibility index (Phi) is 4.88. The smallest absolute Gasteiger partial charge is 0.255 e. The lowest BCUT2D eigenvalue weighted by molar-refractivity contribution is 0.102. The van der Waals surface area contributed by atoms with Gasteiger partial charge in [0.25, 0.3) is 5.91 Å². The predicted octanol–water partition coefficient (Wildman–Crippen LogP) is 2.46. The van der Waals surface area contributed by atoms with Gasteiger partial charge in [-0.2, -0.15) is 0 Å². The summed E-state index contributed by atoms with van der Waals surface area (Å²) in [5, 5.41) is 11.8. The second-order valence-electron chi connectivity index (χ2n) is 6.38. The molecule has 1 amide bonds. The number of anilines is 2. The van der Waals surface area contributed by atoms with Crippen LogP contribution in [0.1, 0.15) is 10.4 Å². The number of hydrogen-bond acceptors (Lipinski definition) is 6. The van der Waals surface area contributed by atoms with Crippen LogP contribution in [-0.2, 0) is 6.54 Å². The lowest BCUT2D eigenvalue weighted by Gasteiger charge is -2.08. The van der Waals surface area contributed by atoms with Gasteiger partial charge >= 0.3 is 0 Å². The van der Waals surface area contributed by atoms with Crippen LogP contribution in [0, 0.1) is 5.82 Å². The van der Waals surface area contributed by atoms with Crippen molar-refractivity contribution in [3.63, 3.8) is 0 Å². The zero-order valence-corrected chi connectivity index (χ0v) is 15.2. The Bertz CT molecular complexity index is 1190. The second kappa shape index (κ2) is 7.64. The summed E-state index contributed by atoms with van der Waals surface area (Å²) in [5.74, 6) is -0.904. The van der Waals surface area contributed by atoms with Gasteiger partial charge in [0, 0.05) is 35.8 Å². The first-order valence-corrected chi connectivity index (χ1v) is 8.79. The largest absolute Gasteiger partial charge is 0.395 e. The van der Waals surface area contributed by atoms with Gasteiger partial charge in [0.2, 0.25) is 5.95 Å². The number of nitrogen functional groups attached to an aromatic ring is 1. The van der Waals surface area contributed by atoms with Crippen LogP contribution in [0.2, 0.25) is 0 Å². The Hall–Kier alpha value is -3.85. The van der Waals surface area contributed by atoms with E-state index in [0.29, 0.717) is 28.9 Å². The summed E-state index contributed by atoms with van der Waals surface area (Å²) in [4.78, 5) is 24.7. The molecule has 29 heavy (non-hydrogen) atoms. The number of aliphatic hydroxyl groups is 1. The first-order valence-electron chi connectivity index (χ1n) is 8.79. The maximum Gasteiger partial charge on any atom is 0.255 e. The van der Waals surface area contributed by atoms with Gasteiger partial charge < -0.3 is 20.7 Å². The summed E-state index contributed by atoms with van der Waals surface area (Å²) in [6.45, 7) is 0.439. The minimum atomic E-state index is -0.553. The monoisotopic (exact) mass is 392 g/mol. The Morgan fingerprint density at radius 3 is 2.66 bits per heavy atom. The molecule has 2 aromatic carbocycles. The average Bonchev–Trinajstić information content (AvgIpc) is 3.10. The van der Waals surface area contributed by atoms with Crippen molar-refractivity contribution >= 4 is 28.6 Å². The number of benzene rings is 2. The van der Waals surface area contributed by atoms with Crippen molar-refractivity contribution in [1.82, 2.24) is 19.5 Å². The van der Waals surface area contributed by atoms with Crippen molar-refractivity contribution in [2.75, 3.05) is 17.7 Å². The third kappa shape index (κ3) is 3.90. The van der Waals surface area contributed by atoms with Gasteiger partial charge in [-0.25, -0.2) is 19.3 Å². The van der Waals surface area contributed by atoms with E-state index in [-0.39, 0.29) is 18.1 Å². The van der Waals surface area contributed by atoms with Gasteiger partial charge in [0.05, 0.1) is 24.0 Å². The van der Waals surface area contributed by atoms with Crippen LogP contribution in [0.25, 0.3) is 22.2 Å². The summed E-state index contributed by atoms with van der Waals surface area (Å²) >= 11 is 0. The molecule has 4 aromatic rings. The second-order valence-corrected chi connectivity index (χ2v) is 6.38. The first-order chi connectivity index (χ1) is 14.0. The van der Waals surface area contributed by atoms with Gasteiger partial charge in [0.15, 0.2) is 0 Å². The Balaban J connectivity index is 1.59. The maximum absolute atomic E-state index is 14.1. The Morgan fingerprint density at radius 2 is 1.90 bits per heavy atom. The number of nitrogens with two attached hydrogens (primary N) is 1. The molecule has 8 nitrogen and oxygen atoms in total. The van der Waals surface area contributed by atoms with E-state index in [1.807, 2.05) is 4.57 Å². The Labute approximate surface area is 164 Å². The lowest BCUT2D eigenvalue weighted by atomic mass is 10.0. The molecule has 0 aliphatic rings. The molecule has 0 bridgehead atoms. The zero-order valence-electron chi connectivity index (χ0n) is 15.2. The fourth-order valence-electron chi connectivity index (χ4n) is 3.01. The van der Waals surface area contributed by atoms with Crippen LogP contribution in [-0.4, -0.2) is 37.1 Å². The standard InChI is InChI=1S/C20H17FN6O2/c21-15-6-12(14-9-23-20(22)24-10-14)5-13(7-15)19(29)26-16-1-2-18-17(8-16)25-11-27(18)3-4-28/h1-2,5-11,28H,3-4H2,(H,26,29)(H2,22,23,24). The van der Waals surface area contributed by atoms with E-state index in [1.165, 1.54) is 18.5 Å². The minimum absolute atomic E-state index is 0.00486. The SMILES string of the molecule is Nc1ncc(-c2cc(F)cc(C(=O)Nc3ccc4c(c3)ncn4CCO)c2)cn1. The molecule has 9 heteroatoms. The molecule has 0 aliphatic carbocycles. The van der Waals surface area contributed by atoms with Gasteiger partial charge in [-0.3, -0.25) is 4.79 Å². The molecule has 0 saturated carbocycles. The molecule has 2 heterocycles. The van der Waals surface area contributed by atoms with Crippen molar-refractivity contribution in [3.8, 4) is 11.1 Å². The van der Waals surface area contributed by atoms with Gasteiger partial charge in [-0.15, -0.1) is 0 Å². The number of imidazole rings is 1. The van der Waals surface area contributed by atoms with Crippen LogP contribution >= 0.6 is 0 Å². The summed E-state index contributed by atoms with van der Waals surface area (Å²) < 4.78 is 15.9. The molecule has 0 atom stereocenters. The van der Waals surface area contributed by atoms with Crippen molar-refractivity contribution in [2.45, 2.75) is 6.54 Å². The number of rotatable bonds is 5. The molecular formula is C20H17FN6O2. The lowest BCUT2D eigenvalue weighted by Crippen LogP contribution is -2.12. The van der Waals surface area contributed by atoms with E-state index >= 15 is 0 Å². The number of fused-ring (bicyclic) bond motifs is 1. The summed E-state index contributed by atoms with van der Waals surface area (Å²) in [6.07, 6.45) is 4.56. The normalized spacial score (nSPS) is 11.0. The predicted molar refractivity (Wildman–Crippen MR) is 107 cm³/mol. The van der Waals surface area contributed by atoms with E-state index in [9.17, 15) is 9.18 Å². The van der Waals surface area contributed by atoms with Crippen LogP contribution in [0.4, 0.5) is 16.0 Å². The molecule has 146 valence electrons. The van der Waals surface area contributed by atoms with Crippen LogP contribution in [0.5, 0.6) is 0 Å². The third-order valence-electron chi connectivity index (χ3n) is 4.38. The molecule has 2 aromatic heterocycles. The average molecular weight is 392 g/mol. The van der Waals surface area contributed by atoms with Crippen molar-refractivity contribution in [3.05, 3.63) is 66.5 Å². The van der Waals surface area contributed by atoms with Gasteiger partial charge in [-0.1, -0.05) is 0 Å². The molecule has 0 spiro atoms. The molecular weight excluding hydrogens is 375 g/mol. The summed E-state index contributed by atoms with van der Waals surface area (Å²) in [5.41, 5.74) is 8.69. The number of halogens is 1. The summed E-state index contributed by atoms with van der Waals surface area (Å²) in [6, 6.07) is 9.26. The van der Waals surface area contributed by atoms with Gasteiger partial charge in [-0.05, 0) is 42.0 Å². The highest BCUT2D eigenvalue weighted by molar-refractivity contribution is 6.05. The maximum atomic E-state index is 14.1. The highest BCUT2D eigenvalue weighted by Gasteiger charge is 2.12. The third-order valence-corrected chi connectivity index (χ3v) is 4.38. The molecule has 0 aliphatic heterocycles. The van der Waals surface area contributed by atoms with E-state index in [1.54, 1.807) is 30.6 Å². The fraction of sp³-hybridized carbons (Fsp3) is 0.100. The quantitative estimate of drug-likeness (QED) is 0.480. The zero-order chi connectivity index (χ0) is 20.4.